The molecular formula is C20H22N4O2S. The Morgan fingerprint density at radius 3 is 3.00 bits per heavy atom. The number of nitrogens with one attached hydrogen (secondary N) is 2. The van der Waals surface area contributed by atoms with Gasteiger partial charge in [-0.1, -0.05) is 13.0 Å². The number of aromatic amines is 1. The van der Waals surface area contributed by atoms with Crippen molar-refractivity contribution in [2.75, 3.05) is 0 Å². The summed E-state index contributed by atoms with van der Waals surface area (Å²) in [4.78, 5) is 32.1. The minimum absolute atomic E-state index is 0.0487. The second kappa shape index (κ2) is 6.86. The molecule has 2 aromatic heterocycles. The van der Waals surface area contributed by atoms with Crippen LogP contribution in [0.2, 0.25) is 0 Å². The molecule has 2 amide bonds. The summed E-state index contributed by atoms with van der Waals surface area (Å²) in [7, 11) is 0. The number of hydrogen-bond donors (Lipinski definition) is 2. The summed E-state index contributed by atoms with van der Waals surface area (Å²) in [6.07, 6.45) is 4.75. The van der Waals surface area contributed by atoms with Crippen LogP contribution in [0.4, 0.5) is 0 Å². The molecule has 0 unspecified atom stereocenters. The lowest BCUT2D eigenvalue weighted by Crippen LogP contribution is -2.49. The largest absolute Gasteiger partial charge is 0.356 e. The van der Waals surface area contributed by atoms with Crippen molar-refractivity contribution in [1.82, 2.24) is 15.2 Å². The van der Waals surface area contributed by atoms with E-state index in [-0.39, 0.29) is 23.9 Å². The van der Waals surface area contributed by atoms with Crippen LogP contribution in [0.1, 0.15) is 53.5 Å². The van der Waals surface area contributed by atoms with Crippen molar-refractivity contribution in [3.8, 4) is 6.07 Å². The highest BCUT2D eigenvalue weighted by molar-refractivity contribution is 7.09. The highest BCUT2D eigenvalue weighted by Gasteiger charge is 2.60. The van der Waals surface area contributed by atoms with E-state index >= 15 is 0 Å². The van der Waals surface area contributed by atoms with Crippen molar-refractivity contribution >= 4 is 23.2 Å². The fourth-order valence-corrected chi connectivity index (χ4v) is 5.40. The smallest absolute Gasteiger partial charge is 0.270 e. The zero-order chi connectivity index (χ0) is 19.0. The monoisotopic (exact) mass is 382 g/mol. The van der Waals surface area contributed by atoms with Gasteiger partial charge in [0.25, 0.3) is 5.91 Å². The standard InChI is InChI=1S/C20H22N4O2S/c1-2-20(19(26)23-12-15-4-3-7-27-15)9-14-5-6-17(20)24(14)18(25)16-8-13(10-21)11-22-16/h3-4,7-8,11,14,17,22H,2,5-6,9,12H2,1H3,(H,23,26)/t14-,17+,20+/m0/s1. The van der Waals surface area contributed by atoms with Gasteiger partial charge in [0, 0.05) is 23.2 Å². The first-order valence-corrected chi connectivity index (χ1v) is 10.2. The summed E-state index contributed by atoms with van der Waals surface area (Å²) in [5.74, 6) is -0.0574. The molecule has 140 valence electrons. The number of nitriles is 1. The van der Waals surface area contributed by atoms with Gasteiger partial charge in [0.15, 0.2) is 0 Å². The van der Waals surface area contributed by atoms with E-state index in [2.05, 4.69) is 10.3 Å². The van der Waals surface area contributed by atoms with Crippen LogP contribution in [0.3, 0.4) is 0 Å². The summed E-state index contributed by atoms with van der Waals surface area (Å²) in [6, 6.07) is 7.62. The third-order valence-corrected chi connectivity index (χ3v) is 6.98. The molecule has 7 heteroatoms. The second-order valence-corrected chi connectivity index (χ2v) is 8.38. The Balaban J connectivity index is 1.54. The molecule has 2 saturated heterocycles. The van der Waals surface area contributed by atoms with Crippen LogP contribution in [0.25, 0.3) is 0 Å². The molecule has 2 aliphatic rings. The quantitative estimate of drug-likeness (QED) is 0.833. The van der Waals surface area contributed by atoms with Gasteiger partial charge in [0.05, 0.1) is 17.5 Å². The van der Waals surface area contributed by atoms with E-state index in [0.29, 0.717) is 30.6 Å². The van der Waals surface area contributed by atoms with Crippen LogP contribution >= 0.6 is 11.3 Å². The van der Waals surface area contributed by atoms with Crippen LogP contribution in [-0.2, 0) is 11.3 Å². The molecule has 0 aromatic carbocycles. The number of H-pyrrole nitrogens is 1. The Hall–Kier alpha value is -2.59. The van der Waals surface area contributed by atoms with E-state index in [1.807, 2.05) is 35.4 Å². The van der Waals surface area contributed by atoms with Gasteiger partial charge < -0.3 is 15.2 Å². The first-order valence-electron chi connectivity index (χ1n) is 9.31. The highest BCUT2D eigenvalue weighted by Crippen LogP contribution is 2.52. The first kappa shape index (κ1) is 17.8. The molecule has 2 fully saturated rings. The van der Waals surface area contributed by atoms with E-state index in [0.717, 1.165) is 17.7 Å². The fraction of sp³-hybridized carbons (Fsp3) is 0.450. The van der Waals surface area contributed by atoms with Crippen LogP contribution < -0.4 is 5.32 Å². The zero-order valence-corrected chi connectivity index (χ0v) is 16.0. The molecule has 0 radical (unpaired) electrons. The number of hydrogen-bond acceptors (Lipinski definition) is 4. The number of aromatic nitrogens is 1. The average Bonchev–Trinajstić information content (AvgIpc) is 3.48. The molecule has 2 bridgehead atoms. The molecule has 0 saturated carbocycles. The fourth-order valence-electron chi connectivity index (χ4n) is 4.75. The number of fused-ring (bicyclic) bond motifs is 2. The van der Waals surface area contributed by atoms with Gasteiger partial charge >= 0.3 is 0 Å². The summed E-state index contributed by atoms with van der Waals surface area (Å²) < 4.78 is 0. The Morgan fingerprint density at radius 2 is 2.33 bits per heavy atom. The molecule has 4 rings (SSSR count). The lowest BCUT2D eigenvalue weighted by molar-refractivity contribution is -0.133. The third kappa shape index (κ3) is 2.85. The minimum Gasteiger partial charge on any atom is -0.356 e. The van der Waals surface area contributed by atoms with Gasteiger partial charge in [-0.3, -0.25) is 9.59 Å². The number of carbonyl (C=O) groups excluding carboxylic acids is 2. The van der Waals surface area contributed by atoms with E-state index < -0.39 is 5.41 Å². The predicted octanol–water partition coefficient (Wildman–Crippen LogP) is 3.04. The maximum absolute atomic E-state index is 13.1. The van der Waals surface area contributed by atoms with Gasteiger partial charge in [-0.2, -0.15) is 5.26 Å². The number of thiophene rings is 1. The maximum Gasteiger partial charge on any atom is 0.270 e. The van der Waals surface area contributed by atoms with Gasteiger partial charge in [0.1, 0.15) is 11.8 Å². The van der Waals surface area contributed by atoms with Gasteiger partial charge in [-0.15, -0.1) is 11.3 Å². The second-order valence-electron chi connectivity index (χ2n) is 7.35. The molecule has 3 atom stereocenters. The molecule has 6 nitrogen and oxygen atoms in total. The Morgan fingerprint density at radius 1 is 1.48 bits per heavy atom. The zero-order valence-electron chi connectivity index (χ0n) is 15.2. The van der Waals surface area contributed by atoms with Crippen molar-refractivity contribution in [3.05, 3.63) is 45.9 Å². The van der Waals surface area contributed by atoms with E-state index in [1.165, 1.54) is 0 Å². The van der Waals surface area contributed by atoms with Crippen LogP contribution in [0.15, 0.2) is 29.8 Å². The van der Waals surface area contributed by atoms with Crippen molar-refractivity contribution in [1.29, 1.82) is 5.26 Å². The van der Waals surface area contributed by atoms with Crippen molar-refractivity contribution in [2.45, 2.75) is 51.2 Å². The highest BCUT2D eigenvalue weighted by atomic mass is 32.1. The SMILES string of the molecule is CC[C@@]1(C(=O)NCc2cccs2)C[C@@H]2CC[C@H]1N2C(=O)c1cc(C#N)c[nH]1. The molecule has 2 aliphatic heterocycles. The van der Waals surface area contributed by atoms with E-state index in [1.54, 1.807) is 23.6 Å². The predicted molar refractivity (Wildman–Crippen MR) is 102 cm³/mol. The average molecular weight is 382 g/mol. The summed E-state index contributed by atoms with van der Waals surface area (Å²) >= 11 is 1.63. The number of rotatable bonds is 5. The topological polar surface area (TPSA) is 89.0 Å². The molecule has 2 N–H and O–H groups in total. The van der Waals surface area contributed by atoms with Crippen LogP contribution in [0, 0.1) is 16.7 Å². The summed E-state index contributed by atoms with van der Waals surface area (Å²) in [5.41, 5.74) is 0.343. The van der Waals surface area contributed by atoms with Crippen LogP contribution in [0.5, 0.6) is 0 Å². The molecule has 27 heavy (non-hydrogen) atoms. The number of amides is 2. The van der Waals surface area contributed by atoms with Crippen LogP contribution in [-0.4, -0.2) is 33.8 Å². The van der Waals surface area contributed by atoms with Crippen molar-refractivity contribution in [2.24, 2.45) is 5.41 Å². The molecule has 0 spiro atoms. The number of carbonyl (C=O) groups is 2. The van der Waals surface area contributed by atoms with Crippen molar-refractivity contribution in [3.63, 3.8) is 0 Å². The number of nitrogens with zero attached hydrogens (tertiary/aromatic N) is 2. The molecule has 4 heterocycles. The lowest BCUT2D eigenvalue weighted by atomic mass is 9.71. The van der Waals surface area contributed by atoms with Gasteiger partial charge in [-0.05, 0) is 43.2 Å². The minimum atomic E-state index is -0.527. The normalized spacial score (nSPS) is 26.1. The third-order valence-electron chi connectivity index (χ3n) is 6.10. The Bertz CT molecular complexity index is 897. The summed E-state index contributed by atoms with van der Waals surface area (Å²) in [5, 5.41) is 14.1. The van der Waals surface area contributed by atoms with Crippen molar-refractivity contribution < 1.29 is 9.59 Å². The lowest BCUT2D eigenvalue weighted by Gasteiger charge is -2.35. The van der Waals surface area contributed by atoms with E-state index in [9.17, 15) is 9.59 Å². The summed E-state index contributed by atoms with van der Waals surface area (Å²) in [6.45, 7) is 2.57. The van der Waals surface area contributed by atoms with Gasteiger partial charge in [-0.25, -0.2) is 0 Å². The van der Waals surface area contributed by atoms with E-state index in [4.69, 9.17) is 5.26 Å². The maximum atomic E-state index is 13.1. The molecular weight excluding hydrogens is 360 g/mol. The molecule has 2 aromatic rings. The molecule has 0 aliphatic carbocycles. The Labute approximate surface area is 162 Å². The Kier molecular flexibility index (Phi) is 4.52. The van der Waals surface area contributed by atoms with Gasteiger partial charge in [0.2, 0.25) is 5.91 Å². The first-order chi connectivity index (χ1) is 13.1.